The second-order valence-electron chi connectivity index (χ2n) is 3.50. The molecule has 1 rings (SSSR count). The van der Waals surface area contributed by atoms with E-state index in [4.69, 9.17) is 0 Å². The first kappa shape index (κ1) is 13.4. The van der Waals surface area contributed by atoms with Gasteiger partial charge in [0.25, 0.3) is 0 Å². The molecular formula is C11H18IP. The Kier molecular flexibility index (Phi) is 6.98. The molecule has 1 aromatic carbocycles. The Morgan fingerprint density at radius 2 is 1.69 bits per heavy atom. The van der Waals surface area contributed by atoms with E-state index < -0.39 is 0 Å². The molecule has 0 aliphatic heterocycles. The first-order valence-electron chi connectivity index (χ1n) is 4.40. The second-order valence-corrected chi connectivity index (χ2v) is 6.31. The molecule has 1 unspecified atom stereocenters. The monoisotopic (exact) mass is 308 g/mol. The van der Waals surface area contributed by atoms with Crippen LogP contribution in [0.25, 0.3) is 0 Å². The Labute approximate surface area is 99.9 Å². The summed E-state index contributed by atoms with van der Waals surface area (Å²) < 4.78 is 0. The summed E-state index contributed by atoms with van der Waals surface area (Å²) in [7, 11) is 0.215. The predicted octanol–water partition coefficient (Wildman–Crippen LogP) is 3.98. The van der Waals surface area contributed by atoms with Gasteiger partial charge in [-0.2, -0.15) is 0 Å². The van der Waals surface area contributed by atoms with Gasteiger partial charge in [-0.25, -0.2) is 0 Å². The van der Waals surface area contributed by atoms with Crippen molar-refractivity contribution in [1.82, 2.24) is 0 Å². The maximum atomic E-state index is 2.35. The Morgan fingerprint density at radius 1 is 1.15 bits per heavy atom. The third kappa shape index (κ3) is 4.97. The molecule has 1 atom stereocenters. The van der Waals surface area contributed by atoms with Crippen molar-refractivity contribution in [2.75, 3.05) is 13.3 Å². The molecule has 0 saturated carbocycles. The van der Waals surface area contributed by atoms with Crippen LogP contribution in [-0.2, 0) is 6.42 Å². The lowest BCUT2D eigenvalue weighted by atomic mass is 10.1. The first-order valence-corrected chi connectivity index (χ1v) is 6.71. The molecule has 0 aliphatic rings. The molecule has 0 radical (unpaired) electrons. The average molecular weight is 308 g/mol. The second kappa shape index (κ2) is 6.78. The van der Waals surface area contributed by atoms with Gasteiger partial charge in [0.15, 0.2) is 0 Å². The summed E-state index contributed by atoms with van der Waals surface area (Å²) in [4.78, 5) is 0. The van der Waals surface area contributed by atoms with Crippen LogP contribution in [0.3, 0.4) is 0 Å². The van der Waals surface area contributed by atoms with Gasteiger partial charge < -0.3 is 0 Å². The minimum absolute atomic E-state index is 0. The highest BCUT2D eigenvalue weighted by atomic mass is 127. The molecule has 0 aliphatic carbocycles. The fourth-order valence-corrected chi connectivity index (χ4v) is 1.71. The number of halogens is 1. The maximum Gasteiger partial charge on any atom is -0.0202 e. The largest absolute Gasteiger partial charge is 0.110 e. The average Bonchev–Trinajstić information content (AvgIpc) is 2.06. The fourth-order valence-electron chi connectivity index (χ4n) is 1.14. The van der Waals surface area contributed by atoms with E-state index in [9.17, 15) is 0 Å². The Hall–Kier alpha value is 0.380. The molecule has 1 aromatic rings. The van der Waals surface area contributed by atoms with Crippen LogP contribution in [0.1, 0.15) is 12.5 Å². The van der Waals surface area contributed by atoms with E-state index in [2.05, 4.69) is 50.6 Å². The number of hydrogen-bond acceptors (Lipinski definition) is 0. The van der Waals surface area contributed by atoms with E-state index in [1.807, 2.05) is 0 Å². The predicted molar refractivity (Wildman–Crippen MR) is 73.8 cm³/mol. The van der Waals surface area contributed by atoms with Gasteiger partial charge in [0.1, 0.15) is 0 Å². The highest BCUT2D eigenvalue weighted by Gasteiger charge is 2.06. The summed E-state index contributed by atoms with van der Waals surface area (Å²) in [6.45, 7) is 7.05. The van der Waals surface area contributed by atoms with Crippen molar-refractivity contribution in [3.63, 3.8) is 0 Å². The lowest BCUT2D eigenvalue weighted by molar-refractivity contribution is 0.931. The molecule has 0 amide bonds. The molecule has 13 heavy (non-hydrogen) atoms. The van der Waals surface area contributed by atoms with Crippen molar-refractivity contribution >= 4 is 31.9 Å². The first-order chi connectivity index (χ1) is 5.70. The van der Waals surface area contributed by atoms with E-state index in [0.29, 0.717) is 0 Å². The van der Waals surface area contributed by atoms with Crippen molar-refractivity contribution in [1.29, 1.82) is 0 Å². The van der Waals surface area contributed by atoms with Gasteiger partial charge in [0.2, 0.25) is 0 Å². The highest BCUT2D eigenvalue weighted by Crippen LogP contribution is 2.33. The molecule has 0 fully saturated rings. The topological polar surface area (TPSA) is 0 Å². The summed E-state index contributed by atoms with van der Waals surface area (Å²) in [5.41, 5.74) is 2.32. The summed E-state index contributed by atoms with van der Waals surface area (Å²) in [6.07, 6.45) is 1.24. The quantitative estimate of drug-likeness (QED) is 0.585. The molecule has 0 bridgehead atoms. The van der Waals surface area contributed by atoms with Crippen LogP contribution < -0.4 is 0 Å². The van der Waals surface area contributed by atoms with E-state index >= 15 is 0 Å². The molecule has 74 valence electrons. The van der Waals surface area contributed by atoms with Crippen LogP contribution in [0.2, 0.25) is 0 Å². The third-order valence-corrected chi connectivity index (χ3v) is 4.20. The van der Waals surface area contributed by atoms with E-state index in [1.54, 1.807) is 0 Å². The zero-order chi connectivity index (χ0) is 8.97. The van der Waals surface area contributed by atoms with Gasteiger partial charge in [-0.1, -0.05) is 37.3 Å². The van der Waals surface area contributed by atoms with Crippen molar-refractivity contribution in [3.05, 3.63) is 35.9 Å². The molecule has 0 nitrogen and oxygen atoms in total. The van der Waals surface area contributed by atoms with Crippen molar-refractivity contribution in [2.24, 2.45) is 0 Å². The fraction of sp³-hybridized carbons (Fsp3) is 0.455. The third-order valence-electron chi connectivity index (χ3n) is 2.26. The molecule has 0 N–H and O–H groups in total. The van der Waals surface area contributed by atoms with Crippen molar-refractivity contribution in [3.8, 4) is 0 Å². The number of hydrogen-bond donors (Lipinski definition) is 0. The molecule has 0 spiro atoms. The lowest BCUT2D eigenvalue weighted by Crippen LogP contribution is -2.02. The molecular weight excluding hydrogens is 290 g/mol. The summed E-state index contributed by atoms with van der Waals surface area (Å²) >= 11 is 0. The Balaban J connectivity index is 0.00000144. The molecule has 2 heteroatoms. The maximum absolute atomic E-state index is 2.35. The minimum Gasteiger partial charge on any atom is -0.110 e. The zero-order valence-corrected chi connectivity index (χ0v) is 11.8. The summed E-state index contributed by atoms with van der Waals surface area (Å²) in [5.74, 6) is 0. The number of benzene rings is 1. The standard InChI is InChI=1S/C11H17P.HI/c1-10(12(2)3)9-11-7-5-4-6-8-11;/h4-8,10H,9H2,1-3H3;1H. The smallest absolute Gasteiger partial charge is 0.0202 e. The SMILES string of the molecule is CC(Cc1ccccc1)P(C)C.I. The van der Waals surface area contributed by atoms with Crippen molar-refractivity contribution < 1.29 is 0 Å². The molecule has 0 aromatic heterocycles. The normalized spacial score (nSPS) is 12.3. The van der Waals surface area contributed by atoms with E-state index in [1.165, 1.54) is 12.0 Å². The van der Waals surface area contributed by atoms with Crippen LogP contribution in [-0.4, -0.2) is 19.0 Å². The highest BCUT2D eigenvalue weighted by molar-refractivity contribution is 14.0. The van der Waals surface area contributed by atoms with Gasteiger partial charge in [0, 0.05) is 0 Å². The summed E-state index contributed by atoms with van der Waals surface area (Å²) in [6, 6.07) is 10.8. The summed E-state index contributed by atoms with van der Waals surface area (Å²) in [5, 5.41) is 0. The number of rotatable bonds is 3. The van der Waals surface area contributed by atoms with Crippen LogP contribution in [0.15, 0.2) is 30.3 Å². The van der Waals surface area contributed by atoms with Gasteiger partial charge in [0.05, 0.1) is 0 Å². The van der Waals surface area contributed by atoms with E-state index in [-0.39, 0.29) is 31.9 Å². The van der Waals surface area contributed by atoms with Crippen LogP contribution in [0, 0.1) is 0 Å². The van der Waals surface area contributed by atoms with Gasteiger partial charge in [-0.15, -0.1) is 31.9 Å². The molecule has 0 saturated heterocycles. The van der Waals surface area contributed by atoms with Gasteiger partial charge in [-0.05, 0) is 31.0 Å². The van der Waals surface area contributed by atoms with Crippen LogP contribution in [0.4, 0.5) is 0 Å². The minimum atomic E-state index is 0. The Morgan fingerprint density at radius 3 is 2.15 bits per heavy atom. The van der Waals surface area contributed by atoms with Crippen LogP contribution >= 0.6 is 31.9 Å². The Bertz CT molecular complexity index is 221. The lowest BCUT2D eigenvalue weighted by Gasteiger charge is -2.15. The zero-order valence-electron chi connectivity index (χ0n) is 8.53. The molecule has 0 heterocycles. The van der Waals surface area contributed by atoms with Crippen LogP contribution in [0.5, 0.6) is 0 Å². The van der Waals surface area contributed by atoms with Crippen molar-refractivity contribution in [2.45, 2.75) is 19.0 Å². The van der Waals surface area contributed by atoms with E-state index in [0.717, 1.165) is 5.66 Å². The van der Waals surface area contributed by atoms with Gasteiger partial charge >= 0.3 is 0 Å². The van der Waals surface area contributed by atoms with Gasteiger partial charge in [-0.3, -0.25) is 0 Å².